The van der Waals surface area contributed by atoms with E-state index in [0.717, 1.165) is 37.2 Å². The molecule has 0 spiro atoms. The van der Waals surface area contributed by atoms with E-state index < -0.39 is 0 Å². The van der Waals surface area contributed by atoms with Gasteiger partial charge in [-0.1, -0.05) is 11.3 Å². The predicted molar refractivity (Wildman–Crippen MR) is 78.5 cm³/mol. The Labute approximate surface area is 120 Å². The van der Waals surface area contributed by atoms with Crippen molar-refractivity contribution in [2.24, 2.45) is 5.92 Å². The van der Waals surface area contributed by atoms with Crippen LogP contribution < -0.4 is 10.5 Å². The fraction of sp³-hybridized carbons (Fsp3) is 0.615. The predicted octanol–water partition coefficient (Wildman–Crippen LogP) is 0.683. The van der Waals surface area contributed by atoms with E-state index in [4.69, 9.17) is 0 Å². The molecule has 0 radical (unpaired) electrons. The van der Waals surface area contributed by atoms with Crippen LogP contribution in [0.25, 0.3) is 4.96 Å². The van der Waals surface area contributed by atoms with Gasteiger partial charge in [-0.2, -0.15) is 4.52 Å². The molecular weight excluding hydrogens is 274 g/mol. The zero-order valence-electron chi connectivity index (χ0n) is 11.2. The van der Waals surface area contributed by atoms with Crippen LogP contribution in [0, 0.1) is 5.92 Å². The Hall–Kier alpha value is -1.47. The molecule has 0 bridgehead atoms. The molecule has 2 aliphatic rings. The largest absolute Gasteiger partial charge is 0.344 e. The Bertz CT molecular complexity index is 669. The Balaban J connectivity index is 1.49. The van der Waals surface area contributed by atoms with Gasteiger partial charge >= 0.3 is 0 Å². The van der Waals surface area contributed by atoms with Crippen molar-refractivity contribution in [2.45, 2.75) is 12.8 Å². The lowest BCUT2D eigenvalue weighted by molar-refractivity contribution is 0.248. The molecule has 4 rings (SSSR count). The number of rotatable bonds is 3. The minimum atomic E-state index is -0.107. The molecule has 1 saturated carbocycles. The van der Waals surface area contributed by atoms with Crippen LogP contribution in [0.1, 0.15) is 12.8 Å². The van der Waals surface area contributed by atoms with E-state index in [1.807, 2.05) is 0 Å². The van der Waals surface area contributed by atoms with Gasteiger partial charge in [0.25, 0.3) is 5.56 Å². The van der Waals surface area contributed by atoms with Gasteiger partial charge in [-0.05, 0) is 18.8 Å². The highest BCUT2D eigenvalue weighted by Crippen LogP contribution is 2.30. The van der Waals surface area contributed by atoms with Crippen LogP contribution in [0.4, 0.5) is 5.13 Å². The van der Waals surface area contributed by atoms with Gasteiger partial charge in [0.05, 0.1) is 0 Å². The van der Waals surface area contributed by atoms with Gasteiger partial charge in [0, 0.05) is 45.0 Å². The van der Waals surface area contributed by atoms with Gasteiger partial charge in [-0.25, -0.2) is 4.98 Å². The molecule has 0 amide bonds. The van der Waals surface area contributed by atoms with Gasteiger partial charge in [-0.15, -0.1) is 5.10 Å². The molecule has 3 heterocycles. The van der Waals surface area contributed by atoms with Crippen LogP contribution in [0.2, 0.25) is 0 Å². The smallest absolute Gasteiger partial charge is 0.275 e. The lowest BCUT2D eigenvalue weighted by Crippen LogP contribution is -2.47. The van der Waals surface area contributed by atoms with Crippen LogP contribution in [-0.4, -0.2) is 52.2 Å². The molecule has 0 atom stereocenters. The van der Waals surface area contributed by atoms with Gasteiger partial charge in [-0.3, -0.25) is 9.69 Å². The van der Waals surface area contributed by atoms with E-state index in [1.165, 1.54) is 41.3 Å². The van der Waals surface area contributed by atoms with Crippen molar-refractivity contribution in [1.29, 1.82) is 0 Å². The minimum absolute atomic E-state index is 0.107. The monoisotopic (exact) mass is 291 g/mol. The molecule has 106 valence electrons. The number of aromatic nitrogens is 3. The fourth-order valence-corrected chi connectivity index (χ4v) is 3.58. The molecule has 6 nitrogen and oxygen atoms in total. The number of nitrogens with zero attached hydrogens (tertiary/aromatic N) is 5. The van der Waals surface area contributed by atoms with E-state index in [1.54, 1.807) is 6.20 Å². The maximum atomic E-state index is 11.7. The van der Waals surface area contributed by atoms with Gasteiger partial charge < -0.3 is 4.90 Å². The quantitative estimate of drug-likeness (QED) is 0.832. The van der Waals surface area contributed by atoms with Gasteiger partial charge in [0.15, 0.2) is 0 Å². The molecule has 1 aliphatic carbocycles. The summed E-state index contributed by atoms with van der Waals surface area (Å²) < 4.78 is 1.40. The summed E-state index contributed by atoms with van der Waals surface area (Å²) in [7, 11) is 0. The van der Waals surface area contributed by atoms with Crippen LogP contribution in [0.15, 0.2) is 17.1 Å². The summed E-state index contributed by atoms with van der Waals surface area (Å²) in [5.74, 6) is 0.951. The van der Waals surface area contributed by atoms with E-state index in [2.05, 4.69) is 19.9 Å². The second-order valence-corrected chi connectivity index (χ2v) is 6.53. The second kappa shape index (κ2) is 4.82. The molecule has 20 heavy (non-hydrogen) atoms. The molecule has 0 aromatic carbocycles. The molecular formula is C13H17N5OS. The Kier molecular flexibility index (Phi) is 2.96. The summed E-state index contributed by atoms with van der Waals surface area (Å²) in [4.78, 5) is 21.4. The van der Waals surface area contributed by atoms with Crippen LogP contribution in [0.3, 0.4) is 0 Å². The van der Waals surface area contributed by atoms with E-state index in [9.17, 15) is 4.79 Å². The first-order valence-electron chi connectivity index (χ1n) is 7.12. The third-order valence-electron chi connectivity index (χ3n) is 4.02. The first-order chi connectivity index (χ1) is 9.79. The van der Waals surface area contributed by atoms with E-state index in [0.29, 0.717) is 4.96 Å². The van der Waals surface area contributed by atoms with Crippen molar-refractivity contribution in [3.8, 4) is 0 Å². The zero-order valence-corrected chi connectivity index (χ0v) is 12.1. The number of piperazine rings is 1. The summed E-state index contributed by atoms with van der Waals surface area (Å²) in [6.07, 6.45) is 4.37. The second-order valence-electron chi connectivity index (χ2n) is 5.59. The third kappa shape index (κ3) is 2.31. The number of hydrogen-bond donors (Lipinski definition) is 0. The third-order valence-corrected chi connectivity index (χ3v) is 5.00. The maximum absolute atomic E-state index is 11.7. The van der Waals surface area contributed by atoms with Crippen LogP contribution >= 0.6 is 11.3 Å². The lowest BCUT2D eigenvalue weighted by Gasteiger charge is -2.34. The minimum Gasteiger partial charge on any atom is -0.344 e. The summed E-state index contributed by atoms with van der Waals surface area (Å²) in [6, 6.07) is 1.45. The van der Waals surface area contributed by atoms with Crippen molar-refractivity contribution in [3.63, 3.8) is 0 Å². The van der Waals surface area contributed by atoms with Crippen molar-refractivity contribution >= 4 is 21.4 Å². The molecule has 2 aromatic heterocycles. The average molecular weight is 291 g/mol. The Morgan fingerprint density at radius 2 is 2.05 bits per heavy atom. The molecule has 7 heteroatoms. The van der Waals surface area contributed by atoms with Crippen molar-refractivity contribution in [3.05, 3.63) is 22.6 Å². The molecule has 1 aliphatic heterocycles. The average Bonchev–Trinajstić information content (AvgIpc) is 3.16. The highest BCUT2D eigenvalue weighted by molar-refractivity contribution is 7.20. The van der Waals surface area contributed by atoms with Crippen LogP contribution in [0.5, 0.6) is 0 Å². The zero-order chi connectivity index (χ0) is 13.5. The standard InChI is InChI=1S/C13H17N5OS/c19-11-3-4-14-12-18(11)15-13(20-12)17-7-5-16(6-8-17)9-10-1-2-10/h3-4,10H,1-2,5-9H2. The molecule has 2 fully saturated rings. The number of fused-ring (bicyclic) bond motifs is 1. The Morgan fingerprint density at radius 3 is 2.75 bits per heavy atom. The maximum Gasteiger partial charge on any atom is 0.275 e. The molecule has 1 saturated heterocycles. The van der Waals surface area contributed by atoms with Crippen molar-refractivity contribution < 1.29 is 0 Å². The lowest BCUT2D eigenvalue weighted by atomic mass is 10.3. The number of hydrogen-bond acceptors (Lipinski definition) is 6. The SMILES string of the molecule is O=c1ccnc2sc(N3CCN(CC4CC4)CC3)nn12. The van der Waals surface area contributed by atoms with Crippen molar-refractivity contribution in [1.82, 2.24) is 19.5 Å². The normalized spacial score (nSPS) is 20.7. The summed E-state index contributed by atoms with van der Waals surface area (Å²) >= 11 is 1.49. The number of anilines is 1. The van der Waals surface area contributed by atoms with E-state index in [-0.39, 0.29) is 5.56 Å². The Morgan fingerprint density at radius 1 is 1.25 bits per heavy atom. The topological polar surface area (TPSA) is 53.7 Å². The molecule has 0 unspecified atom stereocenters. The fourth-order valence-electron chi connectivity index (χ4n) is 2.65. The first-order valence-corrected chi connectivity index (χ1v) is 7.93. The molecule has 0 N–H and O–H groups in total. The van der Waals surface area contributed by atoms with Gasteiger partial charge in [0.2, 0.25) is 10.1 Å². The summed E-state index contributed by atoms with van der Waals surface area (Å²) in [5.41, 5.74) is -0.107. The van der Waals surface area contributed by atoms with E-state index >= 15 is 0 Å². The molecule has 2 aromatic rings. The van der Waals surface area contributed by atoms with Crippen molar-refractivity contribution in [2.75, 3.05) is 37.6 Å². The van der Waals surface area contributed by atoms with Crippen LogP contribution in [-0.2, 0) is 0 Å². The highest BCUT2D eigenvalue weighted by atomic mass is 32.1. The first kappa shape index (κ1) is 12.3. The summed E-state index contributed by atoms with van der Waals surface area (Å²) in [6.45, 7) is 5.42. The summed E-state index contributed by atoms with van der Waals surface area (Å²) in [5, 5.41) is 5.31. The highest BCUT2D eigenvalue weighted by Gasteiger charge is 2.27. The van der Waals surface area contributed by atoms with Gasteiger partial charge in [0.1, 0.15) is 0 Å².